The standard InChI is InChI=1S/C27H21Cl2N5OS/c28-19-4-1-5-20(29)24(19)32-27-33-26(35)23(36-27)14-17-8-9-21-22(13-17)34(12-10-16-6-7-16)25(31-21)18-3-2-11-30-15-18/h1-5,8-9,11,13-16H,6-7,10,12H2,(H,32,33,35)/b23-14-. The molecule has 0 atom stereocenters. The number of aromatic nitrogens is 3. The molecule has 2 aromatic heterocycles. The number of aliphatic imine (C=N–C) groups is 1. The van der Waals surface area contributed by atoms with Gasteiger partial charge in [-0.3, -0.25) is 9.78 Å². The Hall–Kier alpha value is -3.13. The van der Waals surface area contributed by atoms with E-state index in [1.54, 1.807) is 24.4 Å². The molecule has 2 fully saturated rings. The van der Waals surface area contributed by atoms with Crippen LogP contribution in [0, 0.1) is 5.92 Å². The van der Waals surface area contributed by atoms with E-state index < -0.39 is 0 Å². The van der Waals surface area contributed by atoms with Gasteiger partial charge in [-0.15, -0.1) is 0 Å². The number of benzene rings is 2. The predicted octanol–water partition coefficient (Wildman–Crippen LogP) is 7.10. The number of pyridine rings is 1. The number of hydrogen-bond acceptors (Lipinski definition) is 5. The molecule has 0 radical (unpaired) electrons. The highest BCUT2D eigenvalue weighted by molar-refractivity contribution is 8.18. The van der Waals surface area contributed by atoms with Crippen molar-refractivity contribution in [2.24, 2.45) is 10.9 Å². The minimum absolute atomic E-state index is 0.208. The summed E-state index contributed by atoms with van der Waals surface area (Å²) in [6.45, 7) is 0.899. The quantitative estimate of drug-likeness (QED) is 0.268. The van der Waals surface area contributed by atoms with Crippen molar-refractivity contribution in [2.45, 2.75) is 25.8 Å². The van der Waals surface area contributed by atoms with Crippen LogP contribution in [-0.2, 0) is 11.3 Å². The van der Waals surface area contributed by atoms with Crippen molar-refractivity contribution >= 4 is 68.8 Å². The van der Waals surface area contributed by atoms with Crippen LogP contribution < -0.4 is 5.32 Å². The Morgan fingerprint density at radius 2 is 1.97 bits per heavy atom. The van der Waals surface area contributed by atoms with E-state index in [-0.39, 0.29) is 5.91 Å². The van der Waals surface area contributed by atoms with E-state index in [4.69, 9.17) is 28.2 Å². The molecule has 2 aliphatic rings. The predicted molar refractivity (Wildman–Crippen MR) is 148 cm³/mol. The fourth-order valence-corrected chi connectivity index (χ4v) is 5.53. The molecule has 1 amide bonds. The van der Waals surface area contributed by atoms with Gasteiger partial charge in [-0.05, 0) is 72.1 Å². The SMILES string of the molecule is O=C1NC(=Nc2c(Cl)cccc2Cl)S/C1=C\c1ccc2nc(-c3cccnc3)n(CCC3CC3)c2c1. The number of rotatable bonds is 6. The van der Waals surface area contributed by atoms with E-state index in [0.29, 0.717) is 25.8 Å². The number of para-hydroxylation sites is 1. The molecule has 1 saturated carbocycles. The third kappa shape index (κ3) is 4.78. The van der Waals surface area contributed by atoms with E-state index in [1.807, 2.05) is 36.5 Å². The number of nitrogens with zero attached hydrogens (tertiary/aromatic N) is 4. The average Bonchev–Trinajstić information content (AvgIpc) is 3.55. The highest BCUT2D eigenvalue weighted by Gasteiger charge is 2.25. The smallest absolute Gasteiger partial charge is 0.264 e. The van der Waals surface area contributed by atoms with Crippen molar-refractivity contribution in [3.8, 4) is 11.4 Å². The summed E-state index contributed by atoms with van der Waals surface area (Å²) in [7, 11) is 0. The number of imidazole rings is 1. The van der Waals surface area contributed by atoms with Crippen LogP contribution >= 0.6 is 35.0 Å². The van der Waals surface area contributed by atoms with Crippen molar-refractivity contribution in [1.29, 1.82) is 0 Å². The lowest BCUT2D eigenvalue weighted by molar-refractivity contribution is -0.115. The van der Waals surface area contributed by atoms with E-state index in [2.05, 4.69) is 25.9 Å². The van der Waals surface area contributed by atoms with Crippen LogP contribution in [-0.4, -0.2) is 25.6 Å². The summed E-state index contributed by atoms with van der Waals surface area (Å²) in [4.78, 5) is 26.9. The normalized spacial score (nSPS) is 17.9. The molecule has 1 saturated heterocycles. The number of thioether (sulfide) groups is 1. The number of hydrogen-bond donors (Lipinski definition) is 1. The van der Waals surface area contributed by atoms with Crippen LogP contribution in [0.25, 0.3) is 28.5 Å². The van der Waals surface area contributed by atoms with Gasteiger partial charge in [-0.25, -0.2) is 9.98 Å². The minimum atomic E-state index is -0.208. The molecule has 6 rings (SSSR count). The third-order valence-electron chi connectivity index (χ3n) is 6.25. The molecule has 36 heavy (non-hydrogen) atoms. The molecule has 1 aliphatic carbocycles. The summed E-state index contributed by atoms with van der Waals surface area (Å²) in [6.07, 6.45) is 9.24. The third-order valence-corrected chi connectivity index (χ3v) is 7.77. The molecule has 0 unspecified atom stereocenters. The topological polar surface area (TPSA) is 72.2 Å². The second kappa shape index (κ2) is 9.73. The van der Waals surface area contributed by atoms with Crippen molar-refractivity contribution < 1.29 is 4.79 Å². The number of carbonyl (C=O) groups excluding carboxylic acids is 1. The summed E-state index contributed by atoms with van der Waals surface area (Å²) in [5.74, 6) is 1.51. The van der Waals surface area contributed by atoms with Crippen molar-refractivity contribution in [3.63, 3.8) is 0 Å². The number of aryl methyl sites for hydroxylation is 1. The first-order valence-electron chi connectivity index (χ1n) is 11.7. The number of nitrogens with one attached hydrogen (secondary N) is 1. The van der Waals surface area contributed by atoms with Gasteiger partial charge in [0.1, 0.15) is 11.5 Å². The van der Waals surface area contributed by atoms with Gasteiger partial charge in [0.15, 0.2) is 5.17 Å². The van der Waals surface area contributed by atoms with Crippen LogP contribution in [0.2, 0.25) is 10.0 Å². The minimum Gasteiger partial charge on any atom is -0.324 e. The first kappa shape index (κ1) is 23.3. The molecule has 2 aromatic carbocycles. The monoisotopic (exact) mass is 533 g/mol. The fourth-order valence-electron chi connectivity index (χ4n) is 4.22. The lowest BCUT2D eigenvalue weighted by Gasteiger charge is -2.09. The Bertz CT molecular complexity index is 1520. The van der Waals surface area contributed by atoms with Gasteiger partial charge in [0.05, 0.1) is 26.0 Å². The van der Waals surface area contributed by atoms with Gasteiger partial charge in [0.25, 0.3) is 5.91 Å². The van der Waals surface area contributed by atoms with E-state index >= 15 is 0 Å². The highest BCUT2D eigenvalue weighted by Crippen LogP contribution is 2.37. The Labute approximate surface area is 222 Å². The van der Waals surface area contributed by atoms with E-state index in [1.165, 1.54) is 24.6 Å². The van der Waals surface area contributed by atoms with Crippen molar-refractivity contribution in [2.75, 3.05) is 0 Å². The maximum absolute atomic E-state index is 12.7. The van der Waals surface area contributed by atoms with Crippen LogP contribution in [0.3, 0.4) is 0 Å². The molecule has 0 spiro atoms. The summed E-state index contributed by atoms with van der Waals surface area (Å²) in [6, 6.07) is 15.2. The van der Waals surface area contributed by atoms with Crippen LogP contribution in [0.5, 0.6) is 0 Å². The zero-order valence-corrected chi connectivity index (χ0v) is 21.4. The van der Waals surface area contributed by atoms with Gasteiger partial charge in [-0.1, -0.05) is 48.2 Å². The molecular weight excluding hydrogens is 513 g/mol. The molecule has 180 valence electrons. The Balaban J connectivity index is 1.34. The summed E-state index contributed by atoms with van der Waals surface area (Å²) in [5, 5.41) is 4.10. The fraction of sp³-hybridized carbons (Fsp3) is 0.185. The zero-order valence-electron chi connectivity index (χ0n) is 19.1. The second-order valence-electron chi connectivity index (χ2n) is 8.86. The number of amides is 1. The van der Waals surface area contributed by atoms with Crippen molar-refractivity contribution in [3.05, 3.63) is 81.4 Å². The zero-order chi connectivity index (χ0) is 24.6. The Morgan fingerprint density at radius 3 is 2.72 bits per heavy atom. The number of fused-ring (bicyclic) bond motifs is 1. The summed E-state index contributed by atoms with van der Waals surface area (Å²) < 4.78 is 2.28. The number of halogens is 2. The molecule has 0 bridgehead atoms. The van der Waals surface area contributed by atoms with Crippen LogP contribution in [0.15, 0.2) is 70.8 Å². The van der Waals surface area contributed by atoms with Crippen molar-refractivity contribution in [1.82, 2.24) is 19.9 Å². The van der Waals surface area contributed by atoms with E-state index in [0.717, 1.165) is 46.9 Å². The molecule has 9 heteroatoms. The van der Waals surface area contributed by atoms with Crippen LogP contribution in [0.4, 0.5) is 5.69 Å². The Kier molecular flexibility index (Phi) is 6.29. The van der Waals surface area contributed by atoms with Gasteiger partial charge < -0.3 is 9.88 Å². The Morgan fingerprint density at radius 1 is 1.14 bits per heavy atom. The number of amidine groups is 1. The molecular formula is C27H21Cl2N5OS. The average molecular weight is 534 g/mol. The first-order valence-corrected chi connectivity index (χ1v) is 13.3. The lowest BCUT2D eigenvalue weighted by Crippen LogP contribution is -2.19. The largest absolute Gasteiger partial charge is 0.324 e. The molecule has 4 aromatic rings. The highest BCUT2D eigenvalue weighted by atomic mass is 35.5. The molecule has 1 aliphatic heterocycles. The molecule has 6 nitrogen and oxygen atoms in total. The van der Waals surface area contributed by atoms with Gasteiger partial charge in [0, 0.05) is 24.5 Å². The summed E-state index contributed by atoms with van der Waals surface area (Å²) in [5.41, 5.74) is 4.32. The lowest BCUT2D eigenvalue weighted by atomic mass is 10.1. The maximum atomic E-state index is 12.7. The maximum Gasteiger partial charge on any atom is 0.264 e. The van der Waals surface area contributed by atoms with E-state index in [9.17, 15) is 4.79 Å². The summed E-state index contributed by atoms with van der Waals surface area (Å²) >= 11 is 13.7. The molecule has 1 N–H and O–H groups in total. The molecule has 3 heterocycles. The van der Waals surface area contributed by atoms with Crippen LogP contribution in [0.1, 0.15) is 24.8 Å². The first-order chi connectivity index (χ1) is 17.5. The number of carbonyl (C=O) groups is 1. The van der Waals surface area contributed by atoms with Gasteiger partial charge in [-0.2, -0.15) is 0 Å². The second-order valence-corrected chi connectivity index (χ2v) is 10.7. The van der Waals surface area contributed by atoms with Gasteiger partial charge >= 0.3 is 0 Å². The van der Waals surface area contributed by atoms with Gasteiger partial charge in [0.2, 0.25) is 0 Å².